The predicted molar refractivity (Wildman–Crippen MR) is 68.5 cm³/mol. The first-order chi connectivity index (χ1) is 9.66. The summed E-state index contributed by atoms with van der Waals surface area (Å²) in [5, 5.41) is 13.3. The topological polar surface area (TPSA) is 68.4 Å². The van der Waals surface area contributed by atoms with Gasteiger partial charge in [0.2, 0.25) is 5.82 Å². The third-order valence-corrected chi connectivity index (χ3v) is 3.84. The number of methoxy groups -OCH3 is 1. The third-order valence-electron chi connectivity index (χ3n) is 3.84. The van der Waals surface area contributed by atoms with Crippen LogP contribution in [0.2, 0.25) is 0 Å². The standard InChI is InChI=1S/C14H15FN2O3/c1-19-14(7-2-3-8-14)13-16-12(20-17-13)9-5-4-6-10(18)11(9)15/h4-6,18H,2-3,7-8H2,1H3. The van der Waals surface area contributed by atoms with Gasteiger partial charge in [-0.05, 0) is 37.8 Å². The number of hydrogen-bond acceptors (Lipinski definition) is 5. The van der Waals surface area contributed by atoms with Crippen LogP contribution in [0.15, 0.2) is 22.7 Å². The highest BCUT2D eigenvalue weighted by Gasteiger charge is 2.40. The molecule has 1 aromatic heterocycles. The fourth-order valence-corrected chi connectivity index (χ4v) is 2.67. The average Bonchev–Trinajstić information content (AvgIpc) is 3.10. The van der Waals surface area contributed by atoms with Crippen LogP contribution in [0.25, 0.3) is 11.5 Å². The smallest absolute Gasteiger partial charge is 0.261 e. The van der Waals surface area contributed by atoms with Crippen molar-refractivity contribution in [2.24, 2.45) is 0 Å². The van der Waals surface area contributed by atoms with Crippen LogP contribution in [0.4, 0.5) is 4.39 Å². The van der Waals surface area contributed by atoms with Crippen LogP contribution < -0.4 is 0 Å². The third kappa shape index (κ3) is 1.96. The summed E-state index contributed by atoms with van der Waals surface area (Å²) in [6.45, 7) is 0. The Morgan fingerprint density at radius 2 is 2.10 bits per heavy atom. The summed E-state index contributed by atoms with van der Waals surface area (Å²) in [7, 11) is 1.62. The molecule has 0 saturated heterocycles. The zero-order valence-electron chi connectivity index (χ0n) is 11.1. The maximum atomic E-state index is 13.8. The van der Waals surface area contributed by atoms with E-state index in [0.29, 0.717) is 5.82 Å². The van der Waals surface area contributed by atoms with Crippen molar-refractivity contribution in [3.8, 4) is 17.2 Å². The molecule has 0 spiro atoms. The molecule has 1 saturated carbocycles. The van der Waals surface area contributed by atoms with Gasteiger partial charge < -0.3 is 14.4 Å². The van der Waals surface area contributed by atoms with Crippen LogP contribution in [0, 0.1) is 5.82 Å². The molecule has 1 heterocycles. The summed E-state index contributed by atoms with van der Waals surface area (Å²) >= 11 is 0. The van der Waals surface area contributed by atoms with Crippen molar-refractivity contribution in [3.63, 3.8) is 0 Å². The van der Waals surface area contributed by atoms with Gasteiger partial charge in [0, 0.05) is 7.11 Å². The van der Waals surface area contributed by atoms with Crippen molar-refractivity contribution >= 4 is 0 Å². The lowest BCUT2D eigenvalue weighted by atomic mass is 10.0. The number of halogens is 1. The first-order valence-electron chi connectivity index (χ1n) is 6.53. The first kappa shape index (κ1) is 13.1. The predicted octanol–water partition coefficient (Wildman–Crippen LogP) is 3.00. The molecule has 1 aliphatic rings. The highest BCUT2D eigenvalue weighted by atomic mass is 19.1. The van der Waals surface area contributed by atoms with Crippen molar-refractivity contribution < 1.29 is 18.8 Å². The number of phenolic OH excluding ortho intramolecular Hbond substituents is 1. The summed E-state index contributed by atoms with van der Waals surface area (Å²) in [5.74, 6) is -0.711. The normalized spacial score (nSPS) is 17.5. The second-order valence-electron chi connectivity index (χ2n) is 4.97. The van der Waals surface area contributed by atoms with E-state index in [1.54, 1.807) is 7.11 Å². The van der Waals surface area contributed by atoms with Gasteiger partial charge in [0.05, 0.1) is 5.56 Å². The van der Waals surface area contributed by atoms with E-state index in [0.717, 1.165) is 25.7 Å². The number of nitrogens with zero attached hydrogens (tertiary/aromatic N) is 2. The van der Waals surface area contributed by atoms with Crippen molar-refractivity contribution in [2.45, 2.75) is 31.3 Å². The van der Waals surface area contributed by atoms with Crippen LogP contribution in [0.3, 0.4) is 0 Å². The minimum atomic E-state index is -0.763. The first-order valence-corrected chi connectivity index (χ1v) is 6.53. The molecule has 0 bridgehead atoms. The molecule has 0 amide bonds. The molecule has 0 unspecified atom stereocenters. The number of hydrogen-bond donors (Lipinski definition) is 1. The van der Waals surface area contributed by atoms with Crippen molar-refractivity contribution in [2.75, 3.05) is 7.11 Å². The van der Waals surface area contributed by atoms with Gasteiger partial charge in [-0.1, -0.05) is 11.2 Å². The van der Waals surface area contributed by atoms with Gasteiger partial charge >= 0.3 is 0 Å². The average molecular weight is 278 g/mol. The van der Waals surface area contributed by atoms with Crippen LogP contribution >= 0.6 is 0 Å². The number of aromatic nitrogens is 2. The van der Waals surface area contributed by atoms with Crippen molar-refractivity contribution in [1.82, 2.24) is 10.1 Å². The Labute approximate surface area is 115 Å². The Morgan fingerprint density at radius 3 is 2.80 bits per heavy atom. The molecular weight excluding hydrogens is 263 g/mol. The SMILES string of the molecule is COC1(c2noc(-c3cccc(O)c3F)n2)CCCC1. The van der Waals surface area contributed by atoms with E-state index in [-0.39, 0.29) is 11.5 Å². The van der Waals surface area contributed by atoms with Crippen LogP contribution in [0.1, 0.15) is 31.5 Å². The van der Waals surface area contributed by atoms with Crippen LogP contribution in [0.5, 0.6) is 5.75 Å². The van der Waals surface area contributed by atoms with Gasteiger partial charge in [0.15, 0.2) is 11.6 Å². The molecule has 5 nitrogen and oxygen atoms in total. The molecule has 1 fully saturated rings. The molecular formula is C14H15FN2O3. The van der Waals surface area contributed by atoms with Gasteiger partial charge in [-0.3, -0.25) is 0 Å². The maximum Gasteiger partial charge on any atom is 0.261 e. The molecule has 1 N–H and O–H groups in total. The van der Waals surface area contributed by atoms with Crippen LogP contribution in [-0.4, -0.2) is 22.4 Å². The Kier molecular flexibility index (Phi) is 3.17. The van der Waals surface area contributed by atoms with E-state index in [9.17, 15) is 9.50 Å². The second kappa shape index (κ2) is 4.86. The minimum Gasteiger partial charge on any atom is -0.505 e. The van der Waals surface area contributed by atoms with Crippen LogP contribution in [-0.2, 0) is 10.3 Å². The molecule has 106 valence electrons. The second-order valence-corrected chi connectivity index (χ2v) is 4.97. The number of ether oxygens (including phenoxy) is 1. The fourth-order valence-electron chi connectivity index (χ4n) is 2.67. The van der Waals surface area contributed by atoms with E-state index in [4.69, 9.17) is 9.26 Å². The maximum absolute atomic E-state index is 13.8. The minimum absolute atomic E-state index is 0.0525. The van der Waals surface area contributed by atoms with Gasteiger partial charge in [-0.15, -0.1) is 0 Å². The molecule has 1 aliphatic carbocycles. The quantitative estimate of drug-likeness (QED) is 0.934. The summed E-state index contributed by atoms with van der Waals surface area (Å²) < 4.78 is 24.5. The lowest BCUT2D eigenvalue weighted by molar-refractivity contribution is -0.0178. The van der Waals surface area contributed by atoms with E-state index >= 15 is 0 Å². The molecule has 0 radical (unpaired) electrons. The Morgan fingerprint density at radius 1 is 1.35 bits per heavy atom. The van der Waals surface area contributed by atoms with E-state index < -0.39 is 17.2 Å². The Bertz CT molecular complexity index is 621. The van der Waals surface area contributed by atoms with Gasteiger partial charge in [-0.2, -0.15) is 4.98 Å². The molecule has 0 atom stereocenters. The van der Waals surface area contributed by atoms with Gasteiger partial charge in [0.25, 0.3) is 5.89 Å². The zero-order chi connectivity index (χ0) is 14.2. The van der Waals surface area contributed by atoms with Crippen molar-refractivity contribution in [1.29, 1.82) is 0 Å². The summed E-state index contributed by atoms with van der Waals surface area (Å²) in [6.07, 6.45) is 3.73. The lowest BCUT2D eigenvalue weighted by Gasteiger charge is -2.22. The molecule has 6 heteroatoms. The van der Waals surface area contributed by atoms with Gasteiger partial charge in [0.1, 0.15) is 5.60 Å². The summed E-state index contributed by atoms with van der Waals surface area (Å²) in [4.78, 5) is 4.25. The molecule has 2 aromatic rings. The number of benzene rings is 1. The molecule has 20 heavy (non-hydrogen) atoms. The largest absolute Gasteiger partial charge is 0.505 e. The zero-order valence-corrected chi connectivity index (χ0v) is 11.1. The number of aromatic hydroxyl groups is 1. The summed E-state index contributed by atoms with van der Waals surface area (Å²) in [5.41, 5.74) is -0.442. The highest BCUT2D eigenvalue weighted by Crippen LogP contribution is 2.41. The number of rotatable bonds is 3. The Hall–Kier alpha value is -1.95. The number of phenols is 1. The molecule has 1 aromatic carbocycles. The molecule has 3 rings (SSSR count). The van der Waals surface area contributed by atoms with Gasteiger partial charge in [-0.25, -0.2) is 4.39 Å². The highest BCUT2D eigenvalue weighted by molar-refractivity contribution is 5.56. The van der Waals surface area contributed by atoms with E-state index in [1.165, 1.54) is 18.2 Å². The van der Waals surface area contributed by atoms with E-state index in [2.05, 4.69) is 10.1 Å². The monoisotopic (exact) mass is 278 g/mol. The van der Waals surface area contributed by atoms with E-state index in [1.807, 2.05) is 0 Å². The molecule has 0 aliphatic heterocycles. The fraction of sp³-hybridized carbons (Fsp3) is 0.429. The lowest BCUT2D eigenvalue weighted by Crippen LogP contribution is -2.25. The summed E-state index contributed by atoms with van der Waals surface area (Å²) in [6, 6.07) is 4.28. The van der Waals surface area contributed by atoms with Crippen molar-refractivity contribution in [3.05, 3.63) is 29.8 Å². The Balaban J connectivity index is 2.00.